The van der Waals surface area contributed by atoms with Crippen LogP contribution in [0, 0.1) is 17.8 Å². The Morgan fingerprint density at radius 1 is 1.13 bits per heavy atom. The Morgan fingerprint density at radius 3 is 2.93 bits per heavy atom. The second kappa shape index (κ2) is 3.81. The molecule has 0 aromatic carbocycles. The first-order chi connectivity index (χ1) is 7.36. The molecule has 3 unspecified atom stereocenters. The third kappa shape index (κ3) is 1.58. The van der Waals surface area contributed by atoms with E-state index in [2.05, 4.69) is 19.1 Å². The van der Waals surface area contributed by atoms with Crippen molar-refractivity contribution < 1.29 is 0 Å². The lowest BCUT2D eigenvalue weighted by molar-refractivity contribution is 0.208. The van der Waals surface area contributed by atoms with E-state index in [1.54, 1.807) is 11.1 Å². The average Bonchev–Trinajstić information content (AvgIpc) is 2.30. The van der Waals surface area contributed by atoms with Crippen molar-refractivity contribution in [2.45, 2.75) is 51.9 Å². The predicted octanol–water partition coefficient (Wildman–Crippen LogP) is 4.48. The summed E-state index contributed by atoms with van der Waals surface area (Å²) < 4.78 is 0. The standard InChI is InChI=1S/C15H22/c1-11-14-8-4-2-6-12(14)10-13-7-3-5-9-15(11)13/h4,8,12-13,15H,2-3,5-7,9-10H2,1H3. The maximum absolute atomic E-state index is 2.44. The van der Waals surface area contributed by atoms with Crippen LogP contribution in [-0.2, 0) is 0 Å². The van der Waals surface area contributed by atoms with Crippen molar-refractivity contribution in [3.8, 4) is 0 Å². The third-order valence-electron chi connectivity index (χ3n) is 4.93. The van der Waals surface area contributed by atoms with Crippen LogP contribution in [0.1, 0.15) is 51.9 Å². The Bertz CT molecular complexity index is 308. The van der Waals surface area contributed by atoms with Gasteiger partial charge in [0.2, 0.25) is 0 Å². The molecule has 15 heavy (non-hydrogen) atoms. The summed E-state index contributed by atoms with van der Waals surface area (Å²) in [6.45, 7) is 2.42. The van der Waals surface area contributed by atoms with Crippen LogP contribution in [0.25, 0.3) is 0 Å². The predicted molar refractivity (Wildman–Crippen MR) is 64.6 cm³/mol. The highest BCUT2D eigenvalue weighted by atomic mass is 14.4. The lowest BCUT2D eigenvalue weighted by atomic mass is 9.63. The van der Waals surface area contributed by atoms with Crippen molar-refractivity contribution in [3.05, 3.63) is 23.3 Å². The number of allylic oxidation sites excluding steroid dienone is 4. The van der Waals surface area contributed by atoms with Gasteiger partial charge in [-0.2, -0.15) is 0 Å². The molecule has 0 aromatic rings. The van der Waals surface area contributed by atoms with Crippen LogP contribution in [0.4, 0.5) is 0 Å². The molecule has 1 fully saturated rings. The maximum Gasteiger partial charge on any atom is -0.0157 e. The number of rotatable bonds is 0. The van der Waals surface area contributed by atoms with Gasteiger partial charge in [0.05, 0.1) is 0 Å². The van der Waals surface area contributed by atoms with Crippen molar-refractivity contribution in [2.75, 3.05) is 0 Å². The van der Waals surface area contributed by atoms with Gasteiger partial charge in [-0.3, -0.25) is 0 Å². The zero-order valence-corrected chi connectivity index (χ0v) is 9.84. The Balaban J connectivity index is 1.95. The second-order valence-electron chi connectivity index (χ2n) is 5.70. The summed E-state index contributed by atoms with van der Waals surface area (Å²) in [4.78, 5) is 0. The van der Waals surface area contributed by atoms with E-state index in [9.17, 15) is 0 Å². The van der Waals surface area contributed by atoms with Crippen LogP contribution in [0.3, 0.4) is 0 Å². The molecule has 3 aliphatic rings. The normalized spacial score (nSPS) is 39.9. The smallest absolute Gasteiger partial charge is 0.0157 e. The van der Waals surface area contributed by atoms with Gasteiger partial charge in [-0.15, -0.1) is 0 Å². The minimum absolute atomic E-state index is 0.925. The molecule has 3 aliphatic carbocycles. The summed E-state index contributed by atoms with van der Waals surface area (Å²) in [5.41, 5.74) is 3.48. The van der Waals surface area contributed by atoms with Crippen molar-refractivity contribution in [2.24, 2.45) is 17.8 Å². The molecule has 0 amide bonds. The van der Waals surface area contributed by atoms with E-state index in [0.717, 1.165) is 17.8 Å². The zero-order chi connectivity index (χ0) is 10.3. The molecule has 0 saturated heterocycles. The second-order valence-corrected chi connectivity index (χ2v) is 5.70. The number of fused-ring (bicyclic) bond motifs is 2. The van der Waals surface area contributed by atoms with E-state index < -0.39 is 0 Å². The van der Waals surface area contributed by atoms with Crippen LogP contribution in [-0.4, -0.2) is 0 Å². The fourth-order valence-corrected chi connectivity index (χ4v) is 4.14. The molecule has 0 radical (unpaired) electrons. The van der Waals surface area contributed by atoms with Gasteiger partial charge in [0, 0.05) is 0 Å². The highest BCUT2D eigenvalue weighted by molar-refractivity contribution is 5.33. The SMILES string of the molecule is CC1=C2C=CCCC2CC2CCCCC12. The molecule has 3 rings (SSSR count). The van der Waals surface area contributed by atoms with E-state index in [1.165, 1.54) is 44.9 Å². The minimum atomic E-state index is 0.925. The van der Waals surface area contributed by atoms with Gasteiger partial charge in [-0.25, -0.2) is 0 Å². The first kappa shape index (κ1) is 9.69. The molecule has 3 atom stereocenters. The Kier molecular flexibility index (Phi) is 2.46. The Labute approximate surface area is 93.5 Å². The fraction of sp³-hybridized carbons (Fsp3) is 0.733. The topological polar surface area (TPSA) is 0 Å². The fourth-order valence-electron chi connectivity index (χ4n) is 4.14. The molecule has 0 heteroatoms. The molecule has 0 aliphatic heterocycles. The highest BCUT2D eigenvalue weighted by Crippen LogP contribution is 2.48. The van der Waals surface area contributed by atoms with Gasteiger partial charge >= 0.3 is 0 Å². The van der Waals surface area contributed by atoms with E-state index in [1.807, 2.05) is 0 Å². The van der Waals surface area contributed by atoms with Gasteiger partial charge in [0.1, 0.15) is 0 Å². The van der Waals surface area contributed by atoms with E-state index in [0.29, 0.717) is 0 Å². The summed E-state index contributed by atoms with van der Waals surface area (Å²) >= 11 is 0. The lowest BCUT2D eigenvalue weighted by Gasteiger charge is -2.42. The summed E-state index contributed by atoms with van der Waals surface area (Å²) in [6.07, 6.45) is 15.0. The number of hydrogen-bond donors (Lipinski definition) is 0. The molecule has 0 nitrogen and oxygen atoms in total. The number of hydrogen-bond acceptors (Lipinski definition) is 0. The third-order valence-corrected chi connectivity index (χ3v) is 4.93. The van der Waals surface area contributed by atoms with Gasteiger partial charge in [-0.1, -0.05) is 30.6 Å². The molecule has 0 heterocycles. The van der Waals surface area contributed by atoms with Gasteiger partial charge < -0.3 is 0 Å². The van der Waals surface area contributed by atoms with Crippen molar-refractivity contribution in [1.29, 1.82) is 0 Å². The summed E-state index contributed by atoms with van der Waals surface area (Å²) in [5.74, 6) is 2.92. The molecule has 82 valence electrons. The van der Waals surface area contributed by atoms with Crippen molar-refractivity contribution in [3.63, 3.8) is 0 Å². The van der Waals surface area contributed by atoms with Crippen LogP contribution >= 0.6 is 0 Å². The van der Waals surface area contributed by atoms with E-state index in [4.69, 9.17) is 0 Å². The molecular formula is C15H22. The van der Waals surface area contributed by atoms with Crippen LogP contribution in [0.15, 0.2) is 23.3 Å². The molecule has 1 saturated carbocycles. The van der Waals surface area contributed by atoms with Crippen molar-refractivity contribution in [1.82, 2.24) is 0 Å². The molecule has 0 N–H and O–H groups in total. The summed E-state index contributed by atoms with van der Waals surface area (Å²) in [7, 11) is 0. The van der Waals surface area contributed by atoms with Crippen molar-refractivity contribution >= 4 is 0 Å². The van der Waals surface area contributed by atoms with Gasteiger partial charge in [0.25, 0.3) is 0 Å². The first-order valence-corrected chi connectivity index (χ1v) is 6.73. The summed E-state index contributed by atoms with van der Waals surface area (Å²) in [6, 6.07) is 0. The monoisotopic (exact) mass is 202 g/mol. The maximum atomic E-state index is 2.44. The van der Waals surface area contributed by atoms with Crippen LogP contribution in [0.5, 0.6) is 0 Å². The van der Waals surface area contributed by atoms with Crippen LogP contribution in [0.2, 0.25) is 0 Å². The molecule has 0 spiro atoms. The zero-order valence-electron chi connectivity index (χ0n) is 9.84. The van der Waals surface area contributed by atoms with E-state index in [-0.39, 0.29) is 0 Å². The van der Waals surface area contributed by atoms with Crippen LogP contribution < -0.4 is 0 Å². The quantitative estimate of drug-likeness (QED) is 0.543. The molecule has 0 aromatic heterocycles. The Hall–Kier alpha value is -0.520. The van der Waals surface area contributed by atoms with Gasteiger partial charge in [-0.05, 0) is 62.4 Å². The highest BCUT2D eigenvalue weighted by Gasteiger charge is 2.35. The first-order valence-electron chi connectivity index (χ1n) is 6.73. The van der Waals surface area contributed by atoms with E-state index >= 15 is 0 Å². The average molecular weight is 202 g/mol. The Morgan fingerprint density at radius 2 is 2.00 bits per heavy atom. The molecule has 0 bridgehead atoms. The largest absolute Gasteiger partial charge is 0.0842 e. The summed E-state index contributed by atoms with van der Waals surface area (Å²) in [5, 5.41) is 0. The van der Waals surface area contributed by atoms with Gasteiger partial charge in [0.15, 0.2) is 0 Å². The molecular weight excluding hydrogens is 180 g/mol. The lowest BCUT2D eigenvalue weighted by Crippen LogP contribution is -2.30. The minimum Gasteiger partial charge on any atom is -0.0842 e.